The second kappa shape index (κ2) is 7.03. The summed E-state index contributed by atoms with van der Waals surface area (Å²) in [6, 6.07) is 4.27. The van der Waals surface area contributed by atoms with Crippen molar-refractivity contribution in [3.05, 3.63) is 36.4 Å². The van der Waals surface area contributed by atoms with Crippen LogP contribution >= 0.6 is 0 Å². The molecule has 1 aliphatic heterocycles. The van der Waals surface area contributed by atoms with Gasteiger partial charge in [-0.2, -0.15) is 4.31 Å². The largest absolute Gasteiger partial charge is 0.375 e. The molecule has 1 fully saturated rings. The van der Waals surface area contributed by atoms with Crippen LogP contribution in [-0.2, 0) is 19.6 Å². The lowest BCUT2D eigenvalue weighted by molar-refractivity contribution is -0.125. The number of amides is 1. The van der Waals surface area contributed by atoms with Gasteiger partial charge in [0.05, 0.1) is 11.1 Å². The van der Waals surface area contributed by atoms with Gasteiger partial charge in [0.25, 0.3) is 0 Å². The Morgan fingerprint density at radius 3 is 3.00 bits per heavy atom. The molecule has 2 heterocycles. The van der Waals surface area contributed by atoms with Crippen molar-refractivity contribution in [3.63, 3.8) is 0 Å². The first kappa shape index (κ1) is 17.7. The standard InChI is InChI=1S/C16H18FN3O4S/c1-24-10-15(21)19-12-5-6-20(9-12)25(22,23)14-4-2-3-11-7-18-8-13(17)16(11)14/h2-4,7-8,12H,5-6,9-10H2,1H3,(H,19,21). The average Bonchev–Trinajstić information content (AvgIpc) is 3.04. The number of sulfonamides is 1. The Labute approximate surface area is 144 Å². The highest BCUT2D eigenvalue weighted by Crippen LogP contribution is 2.29. The van der Waals surface area contributed by atoms with E-state index in [0.717, 1.165) is 6.20 Å². The van der Waals surface area contributed by atoms with E-state index in [4.69, 9.17) is 4.74 Å². The molecule has 0 saturated carbocycles. The number of ether oxygens (including phenoxy) is 1. The minimum Gasteiger partial charge on any atom is -0.375 e. The van der Waals surface area contributed by atoms with Crippen LogP contribution < -0.4 is 5.32 Å². The normalized spacial score (nSPS) is 18.6. The molecule has 1 saturated heterocycles. The van der Waals surface area contributed by atoms with Crippen LogP contribution in [0.2, 0.25) is 0 Å². The van der Waals surface area contributed by atoms with E-state index in [1.807, 2.05) is 0 Å². The van der Waals surface area contributed by atoms with Gasteiger partial charge in [-0.1, -0.05) is 12.1 Å². The summed E-state index contributed by atoms with van der Waals surface area (Å²) in [4.78, 5) is 15.2. The maximum absolute atomic E-state index is 14.2. The van der Waals surface area contributed by atoms with Crippen LogP contribution in [0.5, 0.6) is 0 Å². The summed E-state index contributed by atoms with van der Waals surface area (Å²) in [7, 11) is -2.47. The summed E-state index contributed by atoms with van der Waals surface area (Å²) >= 11 is 0. The van der Waals surface area contributed by atoms with Gasteiger partial charge in [-0.3, -0.25) is 9.78 Å². The van der Waals surface area contributed by atoms with Gasteiger partial charge in [0, 0.05) is 43.2 Å². The zero-order chi connectivity index (χ0) is 18.0. The molecule has 1 atom stereocenters. The summed E-state index contributed by atoms with van der Waals surface area (Å²) in [6.45, 7) is 0.314. The molecule has 1 amide bonds. The maximum atomic E-state index is 14.2. The third-order valence-corrected chi connectivity index (χ3v) is 6.02. The SMILES string of the molecule is COCC(=O)NC1CCN(S(=O)(=O)c2cccc3cncc(F)c23)C1. The average molecular weight is 367 g/mol. The van der Waals surface area contributed by atoms with E-state index in [2.05, 4.69) is 10.3 Å². The van der Waals surface area contributed by atoms with Crippen molar-refractivity contribution in [2.45, 2.75) is 17.4 Å². The molecule has 2 aromatic rings. The zero-order valence-corrected chi connectivity index (χ0v) is 14.4. The molecule has 0 radical (unpaired) electrons. The molecule has 134 valence electrons. The molecular formula is C16H18FN3O4S. The van der Waals surface area contributed by atoms with Gasteiger partial charge in [-0.25, -0.2) is 12.8 Å². The van der Waals surface area contributed by atoms with E-state index in [1.165, 1.54) is 23.7 Å². The smallest absolute Gasteiger partial charge is 0.246 e. The number of hydrogen-bond donors (Lipinski definition) is 1. The van der Waals surface area contributed by atoms with Crippen LogP contribution in [0, 0.1) is 5.82 Å². The third kappa shape index (κ3) is 3.48. The second-order valence-electron chi connectivity index (χ2n) is 5.82. The Hall–Kier alpha value is -2.10. The van der Waals surface area contributed by atoms with Gasteiger partial charge in [0.15, 0.2) is 5.82 Å². The number of halogens is 1. The Balaban J connectivity index is 1.87. The van der Waals surface area contributed by atoms with E-state index in [1.54, 1.807) is 12.1 Å². The fraction of sp³-hybridized carbons (Fsp3) is 0.375. The second-order valence-corrected chi connectivity index (χ2v) is 7.73. The van der Waals surface area contributed by atoms with Gasteiger partial charge in [0.1, 0.15) is 6.61 Å². The maximum Gasteiger partial charge on any atom is 0.246 e. The highest BCUT2D eigenvalue weighted by Gasteiger charge is 2.34. The number of rotatable bonds is 5. The zero-order valence-electron chi connectivity index (χ0n) is 13.6. The summed E-state index contributed by atoms with van der Waals surface area (Å²) in [5, 5.41) is 3.18. The van der Waals surface area contributed by atoms with Gasteiger partial charge in [-0.05, 0) is 12.5 Å². The van der Waals surface area contributed by atoms with E-state index >= 15 is 0 Å². The quantitative estimate of drug-likeness (QED) is 0.848. The van der Waals surface area contributed by atoms with E-state index in [9.17, 15) is 17.6 Å². The first-order valence-electron chi connectivity index (χ1n) is 7.74. The molecule has 0 spiro atoms. The molecule has 1 aromatic heterocycles. The number of fused-ring (bicyclic) bond motifs is 1. The van der Waals surface area contributed by atoms with Crippen LogP contribution in [0.15, 0.2) is 35.5 Å². The molecule has 9 heteroatoms. The van der Waals surface area contributed by atoms with Crippen LogP contribution in [0.1, 0.15) is 6.42 Å². The highest BCUT2D eigenvalue weighted by atomic mass is 32.2. The number of benzene rings is 1. The lowest BCUT2D eigenvalue weighted by atomic mass is 10.2. The lowest BCUT2D eigenvalue weighted by Gasteiger charge is -2.18. The van der Waals surface area contributed by atoms with E-state index < -0.39 is 15.8 Å². The Kier molecular flexibility index (Phi) is 4.98. The Morgan fingerprint density at radius 2 is 2.24 bits per heavy atom. The number of aromatic nitrogens is 1. The van der Waals surface area contributed by atoms with Crippen LogP contribution in [0.4, 0.5) is 4.39 Å². The Morgan fingerprint density at radius 1 is 1.44 bits per heavy atom. The molecule has 0 bridgehead atoms. The summed E-state index contributed by atoms with van der Waals surface area (Å²) in [6.07, 6.45) is 2.91. The van der Waals surface area contributed by atoms with Gasteiger partial charge < -0.3 is 10.1 Å². The van der Waals surface area contributed by atoms with Crippen LogP contribution in [0.3, 0.4) is 0 Å². The Bertz CT molecular complexity index is 898. The molecular weight excluding hydrogens is 349 g/mol. The number of nitrogens with zero attached hydrogens (tertiary/aromatic N) is 2. The summed E-state index contributed by atoms with van der Waals surface area (Å²) < 4.78 is 46.1. The topological polar surface area (TPSA) is 88.6 Å². The van der Waals surface area contributed by atoms with Crippen molar-refractivity contribution in [1.29, 1.82) is 0 Å². The summed E-state index contributed by atoms with van der Waals surface area (Å²) in [5.41, 5.74) is 0. The number of carbonyl (C=O) groups excluding carboxylic acids is 1. The molecule has 1 aliphatic rings. The molecule has 0 aliphatic carbocycles. The highest BCUT2D eigenvalue weighted by molar-refractivity contribution is 7.89. The number of carbonyl (C=O) groups is 1. The van der Waals surface area contributed by atoms with Crippen LogP contribution in [0.25, 0.3) is 10.8 Å². The lowest BCUT2D eigenvalue weighted by Crippen LogP contribution is -2.40. The van der Waals surface area contributed by atoms with Crippen molar-refractivity contribution < 1.29 is 22.3 Å². The number of hydrogen-bond acceptors (Lipinski definition) is 5. The van der Waals surface area contributed by atoms with Gasteiger partial charge in [0.2, 0.25) is 15.9 Å². The molecule has 25 heavy (non-hydrogen) atoms. The minimum absolute atomic E-state index is 0.0318. The molecule has 1 aromatic carbocycles. The van der Waals surface area contributed by atoms with Crippen molar-refractivity contribution >= 4 is 26.7 Å². The van der Waals surface area contributed by atoms with Gasteiger partial charge in [-0.15, -0.1) is 0 Å². The van der Waals surface area contributed by atoms with Crippen molar-refractivity contribution in [2.24, 2.45) is 0 Å². The fourth-order valence-corrected chi connectivity index (χ4v) is 4.70. The monoisotopic (exact) mass is 367 g/mol. The first-order valence-corrected chi connectivity index (χ1v) is 9.18. The van der Waals surface area contributed by atoms with Crippen molar-refractivity contribution in [1.82, 2.24) is 14.6 Å². The number of pyridine rings is 1. The summed E-state index contributed by atoms with van der Waals surface area (Å²) in [5.74, 6) is -0.977. The predicted molar refractivity (Wildman–Crippen MR) is 88.9 cm³/mol. The molecule has 1 N–H and O–H groups in total. The third-order valence-electron chi connectivity index (χ3n) is 4.11. The van der Waals surface area contributed by atoms with E-state index in [-0.39, 0.29) is 41.9 Å². The molecule has 1 unspecified atom stereocenters. The minimum atomic E-state index is -3.89. The van der Waals surface area contributed by atoms with Crippen molar-refractivity contribution in [3.8, 4) is 0 Å². The van der Waals surface area contributed by atoms with E-state index in [0.29, 0.717) is 11.8 Å². The fourth-order valence-electron chi connectivity index (χ4n) is 2.98. The van der Waals surface area contributed by atoms with Crippen LogP contribution in [-0.4, -0.2) is 56.5 Å². The number of methoxy groups -OCH3 is 1. The van der Waals surface area contributed by atoms with Crippen molar-refractivity contribution in [2.75, 3.05) is 26.8 Å². The molecule has 7 nitrogen and oxygen atoms in total. The van der Waals surface area contributed by atoms with Gasteiger partial charge >= 0.3 is 0 Å². The first-order chi connectivity index (χ1) is 11.9. The molecule has 3 rings (SSSR count). The number of nitrogens with one attached hydrogen (secondary N) is 1. The predicted octanol–water partition coefficient (Wildman–Crippen LogP) is 0.900.